The number of rotatable bonds is 4. The molecule has 2 fully saturated rings. The molecule has 2 aliphatic rings. The van der Waals surface area contributed by atoms with E-state index in [1.165, 1.54) is 0 Å². The van der Waals surface area contributed by atoms with Gasteiger partial charge in [0.05, 0.1) is 19.0 Å². The van der Waals surface area contributed by atoms with E-state index in [4.69, 9.17) is 16.3 Å². The third kappa shape index (κ3) is 2.15. The standard InChI is InChI=1S/C16H17ClO3/c1-9(18)11-6-12(11)15(19)10-3-4-13(14(17)5-10)16(2)7-20-8-16/h3-5,11-12,18H,1,6-8H2,2H3/t11-,12+/m1/s1. The van der Waals surface area contributed by atoms with Crippen molar-refractivity contribution in [3.05, 3.63) is 46.7 Å². The fraction of sp³-hybridized carbons (Fsp3) is 0.438. The molecule has 0 aromatic heterocycles. The van der Waals surface area contributed by atoms with Crippen LogP contribution in [0.2, 0.25) is 5.02 Å². The third-order valence-electron chi connectivity index (χ3n) is 4.30. The summed E-state index contributed by atoms with van der Waals surface area (Å²) < 4.78 is 5.25. The molecule has 0 radical (unpaired) electrons. The Labute approximate surface area is 123 Å². The zero-order valence-corrected chi connectivity index (χ0v) is 12.1. The molecule has 0 unspecified atom stereocenters. The summed E-state index contributed by atoms with van der Waals surface area (Å²) in [6.07, 6.45) is 0.680. The normalized spacial score (nSPS) is 26.7. The van der Waals surface area contributed by atoms with Crippen LogP contribution in [0.25, 0.3) is 0 Å². The van der Waals surface area contributed by atoms with Crippen LogP contribution in [-0.4, -0.2) is 24.1 Å². The molecule has 4 heteroatoms. The first-order valence-corrected chi connectivity index (χ1v) is 7.10. The molecule has 1 heterocycles. The van der Waals surface area contributed by atoms with Crippen molar-refractivity contribution in [2.24, 2.45) is 11.8 Å². The number of halogens is 1. The first-order valence-electron chi connectivity index (χ1n) is 6.72. The topological polar surface area (TPSA) is 46.5 Å². The van der Waals surface area contributed by atoms with Crippen molar-refractivity contribution in [1.82, 2.24) is 0 Å². The van der Waals surface area contributed by atoms with Crippen molar-refractivity contribution >= 4 is 17.4 Å². The van der Waals surface area contributed by atoms with Crippen LogP contribution in [0, 0.1) is 11.8 Å². The van der Waals surface area contributed by atoms with E-state index in [0.29, 0.717) is 30.2 Å². The van der Waals surface area contributed by atoms with Gasteiger partial charge in [0.1, 0.15) is 0 Å². The minimum absolute atomic E-state index is 0.0358. The molecule has 0 spiro atoms. The summed E-state index contributed by atoms with van der Waals surface area (Å²) in [5.41, 5.74) is 1.59. The number of Topliss-reactive ketones (excluding diaryl/α,β-unsaturated/α-hetero) is 1. The number of carbonyl (C=O) groups is 1. The lowest BCUT2D eigenvalue weighted by Gasteiger charge is -2.39. The van der Waals surface area contributed by atoms with Crippen LogP contribution in [0.4, 0.5) is 0 Å². The lowest BCUT2D eigenvalue weighted by atomic mass is 9.80. The maximum Gasteiger partial charge on any atom is 0.166 e. The Balaban J connectivity index is 1.81. The van der Waals surface area contributed by atoms with Gasteiger partial charge in [0.15, 0.2) is 5.78 Å². The molecule has 1 aliphatic heterocycles. The quantitative estimate of drug-likeness (QED) is 0.682. The Bertz CT molecular complexity index is 589. The minimum Gasteiger partial charge on any atom is -0.513 e. The number of carbonyl (C=O) groups excluding carboxylic acids is 1. The number of allylic oxidation sites excluding steroid dienone is 1. The fourth-order valence-corrected chi connectivity index (χ4v) is 3.20. The van der Waals surface area contributed by atoms with E-state index >= 15 is 0 Å². The second-order valence-electron chi connectivity index (χ2n) is 6.05. The van der Waals surface area contributed by atoms with Crippen LogP contribution in [-0.2, 0) is 10.2 Å². The minimum atomic E-state index is -0.142. The molecule has 20 heavy (non-hydrogen) atoms. The molecule has 1 aromatic carbocycles. The summed E-state index contributed by atoms with van der Waals surface area (Å²) in [4.78, 5) is 12.3. The first kappa shape index (κ1) is 13.7. The smallest absolute Gasteiger partial charge is 0.166 e. The van der Waals surface area contributed by atoms with Crippen LogP contribution in [0.15, 0.2) is 30.5 Å². The molecule has 3 rings (SSSR count). The average molecular weight is 293 g/mol. The number of ether oxygens (including phenoxy) is 1. The average Bonchev–Trinajstić information content (AvgIpc) is 3.15. The van der Waals surface area contributed by atoms with Gasteiger partial charge in [-0.2, -0.15) is 0 Å². The predicted molar refractivity (Wildman–Crippen MR) is 77.3 cm³/mol. The number of aliphatic hydroxyl groups is 1. The van der Waals surface area contributed by atoms with Crippen molar-refractivity contribution in [3.8, 4) is 0 Å². The molecule has 3 nitrogen and oxygen atoms in total. The lowest BCUT2D eigenvalue weighted by molar-refractivity contribution is -0.0499. The molecule has 1 aliphatic carbocycles. The Kier molecular flexibility index (Phi) is 3.14. The maximum absolute atomic E-state index is 12.3. The summed E-state index contributed by atoms with van der Waals surface area (Å²) in [6, 6.07) is 5.48. The van der Waals surface area contributed by atoms with Crippen LogP contribution in [0.1, 0.15) is 29.3 Å². The maximum atomic E-state index is 12.3. The molecule has 106 valence electrons. The van der Waals surface area contributed by atoms with E-state index in [0.717, 1.165) is 5.56 Å². The summed E-state index contributed by atoms with van der Waals surface area (Å²) in [6.45, 7) is 6.92. The molecular formula is C16H17ClO3. The van der Waals surface area contributed by atoms with Gasteiger partial charge in [0, 0.05) is 27.8 Å². The highest BCUT2D eigenvalue weighted by Crippen LogP contribution is 2.45. The Morgan fingerprint density at radius 3 is 2.60 bits per heavy atom. The zero-order valence-electron chi connectivity index (χ0n) is 11.4. The number of aliphatic hydroxyl groups excluding tert-OH is 1. The summed E-state index contributed by atoms with van der Waals surface area (Å²) in [5.74, 6) is -0.0885. The summed E-state index contributed by atoms with van der Waals surface area (Å²) in [7, 11) is 0. The van der Waals surface area contributed by atoms with Gasteiger partial charge in [-0.3, -0.25) is 4.79 Å². The molecule has 1 saturated heterocycles. The molecule has 2 atom stereocenters. The lowest BCUT2D eigenvalue weighted by Crippen LogP contribution is -2.44. The van der Waals surface area contributed by atoms with Gasteiger partial charge in [-0.05, 0) is 18.1 Å². The Morgan fingerprint density at radius 1 is 1.45 bits per heavy atom. The number of benzene rings is 1. The fourth-order valence-electron chi connectivity index (χ4n) is 2.79. The van der Waals surface area contributed by atoms with Gasteiger partial charge in [-0.1, -0.05) is 37.2 Å². The van der Waals surface area contributed by atoms with E-state index in [2.05, 4.69) is 13.5 Å². The van der Waals surface area contributed by atoms with Crippen molar-refractivity contribution in [3.63, 3.8) is 0 Å². The van der Waals surface area contributed by atoms with E-state index in [9.17, 15) is 9.90 Å². The van der Waals surface area contributed by atoms with Gasteiger partial charge in [-0.25, -0.2) is 0 Å². The van der Waals surface area contributed by atoms with Crippen LogP contribution in [0.3, 0.4) is 0 Å². The van der Waals surface area contributed by atoms with Gasteiger partial charge < -0.3 is 9.84 Å². The van der Waals surface area contributed by atoms with Crippen molar-refractivity contribution in [2.45, 2.75) is 18.8 Å². The SMILES string of the molecule is C=C(O)[C@H]1C[C@@H]1C(=O)c1ccc(C2(C)COC2)c(Cl)c1. The second kappa shape index (κ2) is 4.61. The van der Waals surface area contributed by atoms with Gasteiger partial charge >= 0.3 is 0 Å². The van der Waals surface area contributed by atoms with E-state index < -0.39 is 0 Å². The van der Waals surface area contributed by atoms with Crippen LogP contribution < -0.4 is 0 Å². The largest absolute Gasteiger partial charge is 0.513 e. The Morgan fingerprint density at radius 2 is 2.15 bits per heavy atom. The van der Waals surface area contributed by atoms with Crippen LogP contribution in [0.5, 0.6) is 0 Å². The number of ketones is 1. The summed E-state index contributed by atoms with van der Waals surface area (Å²) >= 11 is 6.32. The van der Waals surface area contributed by atoms with Gasteiger partial charge in [0.2, 0.25) is 0 Å². The van der Waals surface area contributed by atoms with Crippen molar-refractivity contribution < 1.29 is 14.6 Å². The second-order valence-corrected chi connectivity index (χ2v) is 6.46. The zero-order chi connectivity index (χ0) is 14.5. The Hall–Kier alpha value is -1.32. The third-order valence-corrected chi connectivity index (χ3v) is 4.61. The molecule has 0 amide bonds. The molecule has 1 aromatic rings. The van der Waals surface area contributed by atoms with Gasteiger partial charge in [-0.15, -0.1) is 0 Å². The predicted octanol–water partition coefficient (Wildman–Crippen LogP) is 3.52. The monoisotopic (exact) mass is 292 g/mol. The summed E-state index contributed by atoms with van der Waals surface area (Å²) in [5, 5.41) is 9.93. The van der Waals surface area contributed by atoms with Gasteiger partial charge in [0.25, 0.3) is 0 Å². The van der Waals surface area contributed by atoms with Crippen molar-refractivity contribution in [2.75, 3.05) is 13.2 Å². The van der Waals surface area contributed by atoms with E-state index in [-0.39, 0.29) is 28.8 Å². The molecule has 0 bridgehead atoms. The first-order chi connectivity index (χ1) is 9.42. The van der Waals surface area contributed by atoms with Crippen molar-refractivity contribution in [1.29, 1.82) is 0 Å². The van der Waals surface area contributed by atoms with E-state index in [1.807, 2.05) is 12.1 Å². The number of hydrogen-bond donors (Lipinski definition) is 1. The highest BCUT2D eigenvalue weighted by atomic mass is 35.5. The highest BCUT2D eigenvalue weighted by Gasteiger charge is 2.45. The molecule has 1 saturated carbocycles. The van der Waals surface area contributed by atoms with E-state index in [1.54, 1.807) is 6.07 Å². The molecule has 1 N–H and O–H groups in total. The molecular weight excluding hydrogens is 276 g/mol. The van der Waals surface area contributed by atoms with Crippen LogP contribution >= 0.6 is 11.6 Å². The highest BCUT2D eigenvalue weighted by molar-refractivity contribution is 6.32. The number of hydrogen-bond acceptors (Lipinski definition) is 3.